The molecule has 0 bridgehead atoms. The quantitative estimate of drug-likeness (QED) is 0.581. The molecule has 0 radical (unpaired) electrons. The fourth-order valence-electron chi connectivity index (χ4n) is 3.54. The number of urea groups is 1. The molecule has 1 fully saturated rings. The van der Waals surface area contributed by atoms with Gasteiger partial charge in [0.2, 0.25) is 0 Å². The number of methoxy groups -OCH3 is 1. The molecule has 7 nitrogen and oxygen atoms in total. The third-order valence-electron chi connectivity index (χ3n) is 5.30. The molecule has 2 aromatic carbocycles. The first-order valence-electron chi connectivity index (χ1n) is 10.5. The molecule has 3 N–H and O–H groups in total. The van der Waals surface area contributed by atoms with Gasteiger partial charge in [0.15, 0.2) is 0 Å². The van der Waals surface area contributed by atoms with Crippen LogP contribution < -0.4 is 20.9 Å². The summed E-state index contributed by atoms with van der Waals surface area (Å²) in [4.78, 5) is 27.4. The Labute approximate surface area is 182 Å². The lowest BCUT2D eigenvalue weighted by atomic mass is 9.98. The van der Waals surface area contributed by atoms with Gasteiger partial charge in [-0.3, -0.25) is 4.79 Å². The second-order valence-corrected chi connectivity index (χ2v) is 7.74. The highest BCUT2D eigenvalue weighted by Gasteiger charge is 2.22. The van der Waals surface area contributed by atoms with E-state index in [1.165, 1.54) is 18.2 Å². The van der Waals surface area contributed by atoms with Crippen LogP contribution in [0.25, 0.3) is 0 Å². The molecular formula is C23H29FN4O3. The van der Waals surface area contributed by atoms with Crippen LogP contribution in [-0.4, -0.2) is 45.3 Å². The van der Waals surface area contributed by atoms with Crippen molar-refractivity contribution in [2.24, 2.45) is 5.92 Å². The molecule has 166 valence electrons. The van der Waals surface area contributed by atoms with Crippen LogP contribution in [0.5, 0.6) is 0 Å². The number of nitrogens with one attached hydrogen (secondary N) is 3. The molecule has 0 aromatic heterocycles. The molecule has 8 heteroatoms. The van der Waals surface area contributed by atoms with E-state index in [1.54, 1.807) is 25.3 Å². The summed E-state index contributed by atoms with van der Waals surface area (Å²) in [6, 6.07) is 10.4. The summed E-state index contributed by atoms with van der Waals surface area (Å²) >= 11 is 0. The molecular weight excluding hydrogens is 399 g/mol. The Morgan fingerprint density at radius 2 is 1.81 bits per heavy atom. The number of anilines is 3. The van der Waals surface area contributed by atoms with Gasteiger partial charge in [-0.25, -0.2) is 9.18 Å². The van der Waals surface area contributed by atoms with Crippen LogP contribution >= 0.6 is 0 Å². The lowest BCUT2D eigenvalue weighted by molar-refractivity contribution is 0.0937. The van der Waals surface area contributed by atoms with Crippen molar-refractivity contribution in [3.8, 4) is 0 Å². The second-order valence-electron chi connectivity index (χ2n) is 7.74. The minimum absolute atomic E-state index is 0.222. The maximum Gasteiger partial charge on any atom is 0.323 e. The second kappa shape index (κ2) is 10.8. The van der Waals surface area contributed by atoms with Crippen molar-refractivity contribution < 1.29 is 18.7 Å². The molecule has 1 heterocycles. The zero-order chi connectivity index (χ0) is 22.2. The third kappa shape index (κ3) is 6.42. The number of carbonyl (C=O) groups is 2. The molecule has 1 aliphatic heterocycles. The fraction of sp³-hybridized carbons (Fsp3) is 0.391. The molecule has 0 atom stereocenters. The summed E-state index contributed by atoms with van der Waals surface area (Å²) < 4.78 is 18.3. The lowest BCUT2D eigenvalue weighted by Gasteiger charge is -2.33. The van der Waals surface area contributed by atoms with Crippen molar-refractivity contribution in [3.05, 3.63) is 53.8 Å². The van der Waals surface area contributed by atoms with Gasteiger partial charge >= 0.3 is 6.03 Å². The fourth-order valence-corrected chi connectivity index (χ4v) is 3.54. The summed E-state index contributed by atoms with van der Waals surface area (Å²) in [7, 11) is 1.58. The van der Waals surface area contributed by atoms with Crippen LogP contribution in [0.3, 0.4) is 0 Å². The minimum Gasteiger partial charge on any atom is -0.383 e. The molecule has 31 heavy (non-hydrogen) atoms. The van der Waals surface area contributed by atoms with Gasteiger partial charge < -0.3 is 25.6 Å². The SMILES string of the molecule is COCCNC(=O)c1cc(NC(=O)Nc2cccc(F)c2)ccc1N1CCC(C)CC1. The van der Waals surface area contributed by atoms with Gasteiger partial charge in [0.25, 0.3) is 5.91 Å². The Kier molecular flexibility index (Phi) is 7.83. The maximum atomic E-state index is 13.3. The third-order valence-corrected chi connectivity index (χ3v) is 5.30. The predicted octanol–water partition coefficient (Wildman–Crippen LogP) is 4.08. The molecule has 0 spiro atoms. The van der Waals surface area contributed by atoms with Crippen molar-refractivity contribution in [2.75, 3.05) is 48.9 Å². The molecule has 0 aliphatic carbocycles. The molecule has 1 aliphatic rings. The van der Waals surface area contributed by atoms with Crippen LogP contribution in [-0.2, 0) is 4.74 Å². The molecule has 0 saturated carbocycles. The highest BCUT2D eigenvalue weighted by Crippen LogP contribution is 2.29. The number of halogens is 1. The molecule has 2 aromatic rings. The Balaban J connectivity index is 1.76. The Bertz CT molecular complexity index is 913. The van der Waals surface area contributed by atoms with Crippen LogP contribution in [0.1, 0.15) is 30.1 Å². The monoisotopic (exact) mass is 428 g/mol. The number of ether oxygens (including phenoxy) is 1. The van der Waals surface area contributed by atoms with E-state index in [0.29, 0.717) is 36.0 Å². The average Bonchev–Trinajstić information content (AvgIpc) is 2.74. The van der Waals surface area contributed by atoms with E-state index in [4.69, 9.17) is 4.74 Å². The predicted molar refractivity (Wildman–Crippen MR) is 120 cm³/mol. The van der Waals surface area contributed by atoms with Crippen molar-refractivity contribution in [1.82, 2.24) is 5.32 Å². The number of benzene rings is 2. The van der Waals surface area contributed by atoms with Crippen LogP contribution in [0.15, 0.2) is 42.5 Å². The molecule has 3 amide bonds. The average molecular weight is 429 g/mol. The topological polar surface area (TPSA) is 82.7 Å². The Morgan fingerprint density at radius 1 is 1.10 bits per heavy atom. The largest absolute Gasteiger partial charge is 0.383 e. The van der Waals surface area contributed by atoms with Gasteiger partial charge in [-0.2, -0.15) is 0 Å². The number of piperidine rings is 1. The number of amides is 3. The van der Waals surface area contributed by atoms with Gasteiger partial charge in [0, 0.05) is 43.8 Å². The van der Waals surface area contributed by atoms with Crippen molar-refractivity contribution >= 4 is 29.0 Å². The van der Waals surface area contributed by atoms with Gasteiger partial charge in [0.05, 0.1) is 12.2 Å². The van der Waals surface area contributed by atoms with Crippen molar-refractivity contribution in [3.63, 3.8) is 0 Å². The van der Waals surface area contributed by atoms with Gasteiger partial charge in [-0.05, 0) is 55.2 Å². The molecule has 1 saturated heterocycles. The Hall–Kier alpha value is -3.13. The van der Waals surface area contributed by atoms with Crippen LogP contribution in [0.2, 0.25) is 0 Å². The van der Waals surface area contributed by atoms with E-state index in [9.17, 15) is 14.0 Å². The number of carbonyl (C=O) groups excluding carboxylic acids is 2. The first-order valence-corrected chi connectivity index (χ1v) is 10.5. The normalized spacial score (nSPS) is 14.2. The first kappa shape index (κ1) is 22.6. The smallest absolute Gasteiger partial charge is 0.323 e. The summed E-state index contributed by atoms with van der Waals surface area (Å²) in [6.45, 7) is 4.80. The molecule has 0 unspecified atom stereocenters. The molecule has 3 rings (SSSR count). The first-order chi connectivity index (χ1) is 15.0. The van der Waals surface area contributed by atoms with Crippen molar-refractivity contribution in [1.29, 1.82) is 0 Å². The highest BCUT2D eigenvalue weighted by molar-refractivity contribution is 6.04. The standard InChI is InChI=1S/C23H29FN4O3/c1-16-8-11-28(12-9-16)21-7-6-19(15-20(21)22(29)25-10-13-31-2)27-23(30)26-18-5-3-4-17(24)14-18/h3-7,14-16H,8-13H2,1-2H3,(H,25,29)(H2,26,27,30). The number of nitrogens with zero attached hydrogens (tertiary/aromatic N) is 1. The Morgan fingerprint density at radius 3 is 2.48 bits per heavy atom. The van der Waals surface area contributed by atoms with Crippen molar-refractivity contribution in [2.45, 2.75) is 19.8 Å². The number of hydrogen-bond donors (Lipinski definition) is 3. The van der Waals surface area contributed by atoms with E-state index < -0.39 is 11.8 Å². The van der Waals surface area contributed by atoms with E-state index in [-0.39, 0.29) is 5.91 Å². The van der Waals surface area contributed by atoms with E-state index in [2.05, 4.69) is 27.8 Å². The zero-order valence-electron chi connectivity index (χ0n) is 17.9. The summed E-state index contributed by atoms with van der Waals surface area (Å²) in [5, 5.41) is 8.16. The van der Waals surface area contributed by atoms with Crippen LogP contribution in [0, 0.1) is 11.7 Å². The van der Waals surface area contributed by atoms with Crippen LogP contribution in [0.4, 0.5) is 26.2 Å². The van der Waals surface area contributed by atoms with E-state index in [1.807, 2.05) is 6.07 Å². The van der Waals surface area contributed by atoms with Gasteiger partial charge in [-0.1, -0.05) is 13.0 Å². The lowest BCUT2D eigenvalue weighted by Crippen LogP contribution is -2.35. The van der Waals surface area contributed by atoms with E-state index >= 15 is 0 Å². The summed E-state index contributed by atoms with van der Waals surface area (Å²) in [6.07, 6.45) is 2.14. The minimum atomic E-state index is -0.518. The number of rotatable bonds is 7. The summed E-state index contributed by atoms with van der Waals surface area (Å²) in [5.41, 5.74) is 2.15. The zero-order valence-corrected chi connectivity index (χ0v) is 17.9. The number of hydrogen-bond acceptors (Lipinski definition) is 4. The van der Waals surface area contributed by atoms with Gasteiger partial charge in [-0.15, -0.1) is 0 Å². The maximum absolute atomic E-state index is 13.3. The van der Waals surface area contributed by atoms with E-state index in [0.717, 1.165) is 31.6 Å². The van der Waals surface area contributed by atoms with Gasteiger partial charge in [0.1, 0.15) is 5.82 Å². The summed E-state index contributed by atoms with van der Waals surface area (Å²) in [5.74, 6) is 0.00979. The highest BCUT2D eigenvalue weighted by atomic mass is 19.1.